The number of aromatic amines is 1. The molecular formula is C19H21N3O. The van der Waals surface area contributed by atoms with Gasteiger partial charge in [-0.2, -0.15) is 0 Å². The molecule has 0 spiro atoms. The standard InChI is InChI=1S/C19H21N3O/c1-14-5-4-6-16(11-14)21-13-19(23)20-10-9-15-12-22-18-8-3-2-7-17(15)18/h2-8,11-12,21-22H,9-10,13H2,1H3,(H,20,23). The molecule has 0 fully saturated rings. The van der Waals surface area contributed by atoms with Crippen molar-refractivity contribution in [2.75, 3.05) is 18.4 Å². The molecule has 3 rings (SSSR count). The second kappa shape index (κ2) is 7.01. The van der Waals surface area contributed by atoms with Crippen LogP contribution in [-0.2, 0) is 11.2 Å². The SMILES string of the molecule is Cc1cccc(NCC(=O)NCCc2c[nH]c3ccccc23)c1. The largest absolute Gasteiger partial charge is 0.376 e. The zero-order valence-corrected chi connectivity index (χ0v) is 13.2. The van der Waals surface area contributed by atoms with Gasteiger partial charge in [-0.1, -0.05) is 30.3 Å². The molecule has 0 unspecified atom stereocenters. The van der Waals surface area contributed by atoms with E-state index in [1.165, 1.54) is 16.5 Å². The zero-order valence-electron chi connectivity index (χ0n) is 13.2. The minimum atomic E-state index is 0.00588. The first-order valence-electron chi connectivity index (χ1n) is 7.84. The second-order valence-corrected chi connectivity index (χ2v) is 5.68. The number of para-hydroxylation sites is 1. The van der Waals surface area contributed by atoms with Crippen LogP contribution in [0.4, 0.5) is 5.69 Å². The quantitative estimate of drug-likeness (QED) is 0.655. The molecular weight excluding hydrogens is 286 g/mol. The Hall–Kier alpha value is -2.75. The number of fused-ring (bicyclic) bond motifs is 1. The van der Waals surface area contributed by atoms with Gasteiger partial charge in [-0.05, 0) is 42.7 Å². The molecule has 0 saturated heterocycles. The summed E-state index contributed by atoms with van der Waals surface area (Å²) in [4.78, 5) is 15.2. The van der Waals surface area contributed by atoms with Gasteiger partial charge in [0.05, 0.1) is 6.54 Å². The van der Waals surface area contributed by atoms with Crippen molar-refractivity contribution in [1.29, 1.82) is 0 Å². The number of amides is 1. The number of carbonyl (C=O) groups excluding carboxylic acids is 1. The number of H-pyrrole nitrogens is 1. The Bertz CT molecular complexity index is 807. The van der Waals surface area contributed by atoms with Crippen molar-refractivity contribution in [1.82, 2.24) is 10.3 Å². The maximum atomic E-state index is 11.9. The summed E-state index contributed by atoms with van der Waals surface area (Å²) < 4.78 is 0. The van der Waals surface area contributed by atoms with E-state index in [9.17, 15) is 4.79 Å². The maximum Gasteiger partial charge on any atom is 0.239 e. The molecule has 0 aliphatic heterocycles. The fourth-order valence-corrected chi connectivity index (χ4v) is 2.67. The van der Waals surface area contributed by atoms with E-state index in [1.807, 2.05) is 49.5 Å². The second-order valence-electron chi connectivity index (χ2n) is 5.68. The van der Waals surface area contributed by atoms with Crippen LogP contribution >= 0.6 is 0 Å². The fourth-order valence-electron chi connectivity index (χ4n) is 2.67. The van der Waals surface area contributed by atoms with Crippen molar-refractivity contribution in [3.63, 3.8) is 0 Å². The van der Waals surface area contributed by atoms with Crippen LogP contribution < -0.4 is 10.6 Å². The highest BCUT2D eigenvalue weighted by molar-refractivity contribution is 5.83. The van der Waals surface area contributed by atoms with Gasteiger partial charge in [0.15, 0.2) is 0 Å². The number of benzene rings is 2. The van der Waals surface area contributed by atoms with Crippen molar-refractivity contribution < 1.29 is 4.79 Å². The highest BCUT2D eigenvalue weighted by Gasteiger charge is 2.04. The molecule has 1 amide bonds. The topological polar surface area (TPSA) is 56.9 Å². The lowest BCUT2D eigenvalue weighted by molar-refractivity contribution is -0.119. The van der Waals surface area contributed by atoms with Gasteiger partial charge < -0.3 is 15.6 Å². The molecule has 118 valence electrons. The lowest BCUT2D eigenvalue weighted by atomic mass is 10.1. The minimum Gasteiger partial charge on any atom is -0.376 e. The van der Waals surface area contributed by atoms with Crippen LogP contribution in [0.25, 0.3) is 10.9 Å². The molecule has 23 heavy (non-hydrogen) atoms. The number of hydrogen-bond donors (Lipinski definition) is 3. The monoisotopic (exact) mass is 307 g/mol. The summed E-state index contributed by atoms with van der Waals surface area (Å²) >= 11 is 0. The van der Waals surface area contributed by atoms with Gasteiger partial charge in [0, 0.05) is 29.3 Å². The van der Waals surface area contributed by atoms with Gasteiger partial charge >= 0.3 is 0 Å². The zero-order chi connectivity index (χ0) is 16.1. The Balaban J connectivity index is 1.46. The Morgan fingerprint density at radius 1 is 1.13 bits per heavy atom. The van der Waals surface area contributed by atoms with Gasteiger partial charge in [-0.15, -0.1) is 0 Å². The summed E-state index contributed by atoms with van der Waals surface area (Å²) in [6, 6.07) is 16.2. The van der Waals surface area contributed by atoms with E-state index < -0.39 is 0 Å². The summed E-state index contributed by atoms with van der Waals surface area (Å²) in [7, 11) is 0. The van der Waals surface area contributed by atoms with Crippen LogP contribution in [0, 0.1) is 6.92 Å². The lowest BCUT2D eigenvalue weighted by Crippen LogP contribution is -2.31. The molecule has 2 aromatic carbocycles. The van der Waals surface area contributed by atoms with Gasteiger partial charge in [0.25, 0.3) is 0 Å². The Morgan fingerprint density at radius 3 is 2.87 bits per heavy atom. The van der Waals surface area contributed by atoms with E-state index in [0.29, 0.717) is 6.54 Å². The van der Waals surface area contributed by atoms with E-state index in [-0.39, 0.29) is 12.5 Å². The van der Waals surface area contributed by atoms with E-state index in [0.717, 1.165) is 17.6 Å². The molecule has 0 aliphatic carbocycles. The number of rotatable bonds is 6. The van der Waals surface area contributed by atoms with E-state index in [4.69, 9.17) is 0 Å². The smallest absolute Gasteiger partial charge is 0.239 e. The number of aryl methyl sites for hydroxylation is 1. The molecule has 3 aromatic rings. The van der Waals surface area contributed by atoms with Crippen molar-refractivity contribution >= 4 is 22.5 Å². The molecule has 4 heteroatoms. The molecule has 1 heterocycles. The van der Waals surface area contributed by atoms with Crippen LogP contribution in [0.3, 0.4) is 0 Å². The minimum absolute atomic E-state index is 0.00588. The Kier molecular flexibility index (Phi) is 4.62. The van der Waals surface area contributed by atoms with Crippen LogP contribution in [0.15, 0.2) is 54.7 Å². The van der Waals surface area contributed by atoms with Gasteiger partial charge in [0.1, 0.15) is 0 Å². The van der Waals surface area contributed by atoms with Gasteiger partial charge in [0.2, 0.25) is 5.91 Å². The maximum absolute atomic E-state index is 11.9. The Labute approximate surface area is 135 Å². The average Bonchev–Trinajstić information content (AvgIpc) is 2.97. The third-order valence-electron chi connectivity index (χ3n) is 3.86. The van der Waals surface area contributed by atoms with E-state index in [2.05, 4.69) is 27.8 Å². The molecule has 0 atom stereocenters. The average molecular weight is 307 g/mol. The summed E-state index contributed by atoms with van der Waals surface area (Å²) in [6.07, 6.45) is 2.84. The predicted molar refractivity (Wildman–Crippen MR) is 94.7 cm³/mol. The summed E-state index contributed by atoms with van der Waals surface area (Å²) in [5.74, 6) is 0.00588. The van der Waals surface area contributed by atoms with E-state index >= 15 is 0 Å². The fraction of sp³-hybridized carbons (Fsp3) is 0.211. The molecule has 4 nitrogen and oxygen atoms in total. The van der Waals surface area contributed by atoms with Crippen LogP contribution in [0.5, 0.6) is 0 Å². The summed E-state index contributed by atoms with van der Waals surface area (Å²) in [5.41, 5.74) is 4.51. The molecule has 1 aromatic heterocycles. The first kappa shape index (κ1) is 15.2. The van der Waals surface area contributed by atoms with Crippen LogP contribution in [0.2, 0.25) is 0 Å². The highest BCUT2D eigenvalue weighted by Crippen LogP contribution is 2.17. The first-order chi connectivity index (χ1) is 11.2. The van der Waals surface area contributed by atoms with Crippen LogP contribution in [0.1, 0.15) is 11.1 Å². The van der Waals surface area contributed by atoms with Crippen molar-refractivity contribution in [2.24, 2.45) is 0 Å². The normalized spacial score (nSPS) is 10.7. The number of hydrogen-bond acceptors (Lipinski definition) is 2. The van der Waals surface area contributed by atoms with Gasteiger partial charge in [-0.3, -0.25) is 4.79 Å². The number of aromatic nitrogens is 1. The van der Waals surface area contributed by atoms with Crippen molar-refractivity contribution in [2.45, 2.75) is 13.3 Å². The van der Waals surface area contributed by atoms with E-state index in [1.54, 1.807) is 0 Å². The third-order valence-corrected chi connectivity index (χ3v) is 3.86. The Morgan fingerprint density at radius 2 is 2.00 bits per heavy atom. The third kappa shape index (κ3) is 3.92. The first-order valence-corrected chi connectivity index (χ1v) is 7.84. The molecule has 0 saturated carbocycles. The number of nitrogens with one attached hydrogen (secondary N) is 3. The summed E-state index contributed by atoms with van der Waals surface area (Å²) in [5, 5.41) is 7.32. The molecule has 0 radical (unpaired) electrons. The molecule has 0 bridgehead atoms. The number of carbonyl (C=O) groups is 1. The summed E-state index contributed by atoms with van der Waals surface area (Å²) in [6.45, 7) is 2.96. The molecule has 0 aliphatic rings. The lowest BCUT2D eigenvalue weighted by Gasteiger charge is -2.08. The van der Waals surface area contributed by atoms with Crippen molar-refractivity contribution in [3.8, 4) is 0 Å². The van der Waals surface area contributed by atoms with Gasteiger partial charge in [-0.25, -0.2) is 0 Å². The van der Waals surface area contributed by atoms with Crippen LogP contribution in [-0.4, -0.2) is 24.0 Å². The highest BCUT2D eigenvalue weighted by atomic mass is 16.1. The predicted octanol–water partition coefficient (Wildman–Crippen LogP) is 3.25. The number of anilines is 1. The van der Waals surface area contributed by atoms with Crippen molar-refractivity contribution in [3.05, 3.63) is 65.9 Å². The molecule has 3 N–H and O–H groups in total.